The van der Waals surface area contributed by atoms with Crippen LogP contribution in [0.15, 0.2) is 12.4 Å². The number of unbranched alkanes of at least 4 members (excludes halogenated alkanes) is 1. The number of carbonyl (C=O) groups excluding carboxylic acids is 1. The van der Waals surface area contributed by atoms with E-state index in [0.717, 1.165) is 25.8 Å². The fourth-order valence-corrected chi connectivity index (χ4v) is 2.50. The molecule has 0 radical (unpaired) electrons. The number of halogens is 1. The zero-order valence-electron chi connectivity index (χ0n) is 12.2. The first-order valence-corrected chi connectivity index (χ1v) is 7.45. The molecule has 0 bridgehead atoms. The SMILES string of the molecule is C=C1N(CCCNN)C(=O)c2[nH]c(Cl)nc2N1CCCC. The number of aromatic nitrogens is 2. The Morgan fingerprint density at radius 3 is 2.76 bits per heavy atom. The van der Waals surface area contributed by atoms with Crippen molar-refractivity contribution in [2.45, 2.75) is 26.2 Å². The second-order valence-electron chi connectivity index (χ2n) is 4.91. The molecule has 1 amide bonds. The highest BCUT2D eigenvalue weighted by atomic mass is 35.5. The number of fused-ring (bicyclic) bond motifs is 1. The minimum atomic E-state index is -0.154. The number of nitrogens with one attached hydrogen (secondary N) is 2. The lowest BCUT2D eigenvalue weighted by atomic mass is 10.2. The number of anilines is 1. The van der Waals surface area contributed by atoms with E-state index in [1.165, 1.54) is 0 Å². The Hall–Kier alpha value is -1.57. The van der Waals surface area contributed by atoms with E-state index in [-0.39, 0.29) is 11.2 Å². The van der Waals surface area contributed by atoms with E-state index < -0.39 is 0 Å². The molecule has 7 nitrogen and oxygen atoms in total. The van der Waals surface area contributed by atoms with E-state index >= 15 is 0 Å². The summed E-state index contributed by atoms with van der Waals surface area (Å²) in [5.74, 6) is 6.32. The molecule has 4 N–H and O–H groups in total. The predicted molar refractivity (Wildman–Crippen MR) is 82.8 cm³/mol. The number of rotatable bonds is 7. The van der Waals surface area contributed by atoms with Crippen LogP contribution in [0.3, 0.4) is 0 Å². The summed E-state index contributed by atoms with van der Waals surface area (Å²) < 4.78 is 0. The Bertz CT molecular complexity index is 529. The summed E-state index contributed by atoms with van der Waals surface area (Å²) in [6, 6.07) is 0. The van der Waals surface area contributed by atoms with E-state index in [4.69, 9.17) is 17.4 Å². The Morgan fingerprint density at radius 2 is 2.10 bits per heavy atom. The standard InChI is InChI=1S/C13H21ClN6O/c1-3-4-7-19-9(2)20(8-5-6-16-15)12(21)10-11(19)18-13(14)17-10/h16H,2-8,15H2,1H3,(H,17,18). The van der Waals surface area contributed by atoms with Gasteiger partial charge in [-0.25, -0.2) is 0 Å². The van der Waals surface area contributed by atoms with Gasteiger partial charge in [0, 0.05) is 19.6 Å². The number of carbonyl (C=O) groups is 1. The van der Waals surface area contributed by atoms with Gasteiger partial charge in [-0.05, 0) is 24.4 Å². The predicted octanol–water partition coefficient (Wildman–Crippen LogP) is 1.45. The molecule has 0 spiro atoms. The molecule has 0 saturated heterocycles. The van der Waals surface area contributed by atoms with Crippen molar-refractivity contribution in [2.24, 2.45) is 5.84 Å². The minimum absolute atomic E-state index is 0.154. The number of hydrogen-bond acceptors (Lipinski definition) is 5. The first-order chi connectivity index (χ1) is 10.1. The number of imidazole rings is 1. The van der Waals surface area contributed by atoms with Gasteiger partial charge in [0.2, 0.25) is 5.28 Å². The van der Waals surface area contributed by atoms with Gasteiger partial charge in [-0.15, -0.1) is 0 Å². The van der Waals surface area contributed by atoms with Gasteiger partial charge >= 0.3 is 0 Å². The molecule has 0 aromatic carbocycles. The van der Waals surface area contributed by atoms with Gasteiger partial charge < -0.3 is 9.88 Å². The zero-order valence-corrected chi connectivity index (χ0v) is 12.9. The normalized spacial score (nSPS) is 14.8. The molecule has 116 valence electrons. The van der Waals surface area contributed by atoms with Crippen molar-refractivity contribution < 1.29 is 4.79 Å². The third-order valence-corrected chi connectivity index (χ3v) is 3.61. The lowest BCUT2D eigenvalue weighted by Gasteiger charge is -2.37. The Labute approximate surface area is 129 Å². The Morgan fingerprint density at radius 1 is 1.38 bits per heavy atom. The molecule has 0 saturated carbocycles. The summed E-state index contributed by atoms with van der Waals surface area (Å²) in [7, 11) is 0. The van der Waals surface area contributed by atoms with Gasteiger partial charge in [0.1, 0.15) is 5.82 Å². The van der Waals surface area contributed by atoms with Crippen molar-refractivity contribution in [1.29, 1.82) is 0 Å². The minimum Gasteiger partial charge on any atom is -0.323 e. The summed E-state index contributed by atoms with van der Waals surface area (Å²) in [6.07, 6.45) is 2.76. The van der Waals surface area contributed by atoms with Gasteiger partial charge in [-0.2, -0.15) is 4.98 Å². The largest absolute Gasteiger partial charge is 0.323 e. The zero-order chi connectivity index (χ0) is 15.4. The molecule has 1 aromatic heterocycles. The summed E-state index contributed by atoms with van der Waals surface area (Å²) in [6.45, 7) is 8.08. The first kappa shape index (κ1) is 15.8. The smallest absolute Gasteiger partial charge is 0.279 e. The molecular formula is C13H21ClN6O. The highest BCUT2D eigenvalue weighted by Crippen LogP contribution is 2.32. The van der Waals surface area contributed by atoms with Gasteiger partial charge in [0.15, 0.2) is 11.5 Å². The summed E-state index contributed by atoms with van der Waals surface area (Å²) in [5.41, 5.74) is 3.00. The Kier molecular flexibility index (Phi) is 5.22. The lowest BCUT2D eigenvalue weighted by Crippen LogP contribution is -2.45. The molecule has 0 unspecified atom stereocenters. The molecule has 21 heavy (non-hydrogen) atoms. The van der Waals surface area contributed by atoms with Gasteiger partial charge in [-0.3, -0.25) is 21.0 Å². The number of nitrogens with zero attached hydrogens (tertiary/aromatic N) is 3. The van der Waals surface area contributed by atoms with Crippen molar-refractivity contribution in [2.75, 3.05) is 24.5 Å². The second kappa shape index (κ2) is 6.93. The van der Waals surface area contributed by atoms with Crippen molar-refractivity contribution in [3.8, 4) is 0 Å². The molecule has 0 aliphatic carbocycles. The third kappa shape index (κ3) is 3.20. The number of amides is 1. The van der Waals surface area contributed by atoms with E-state index in [0.29, 0.717) is 30.4 Å². The monoisotopic (exact) mass is 312 g/mol. The average molecular weight is 313 g/mol. The van der Waals surface area contributed by atoms with Crippen LogP contribution < -0.4 is 16.2 Å². The van der Waals surface area contributed by atoms with Crippen LogP contribution in [-0.2, 0) is 0 Å². The van der Waals surface area contributed by atoms with E-state index in [1.807, 2.05) is 4.90 Å². The van der Waals surface area contributed by atoms with Crippen molar-refractivity contribution >= 4 is 23.3 Å². The fraction of sp³-hybridized carbons (Fsp3) is 0.538. The van der Waals surface area contributed by atoms with E-state index in [1.54, 1.807) is 4.90 Å². The molecule has 2 rings (SSSR count). The molecule has 1 aromatic rings. The fourth-order valence-electron chi connectivity index (χ4n) is 2.32. The topological polar surface area (TPSA) is 90.3 Å². The number of nitrogens with two attached hydrogens (primary N) is 1. The molecule has 0 atom stereocenters. The van der Waals surface area contributed by atoms with Gasteiger partial charge in [0.05, 0.1) is 0 Å². The van der Waals surface area contributed by atoms with Crippen LogP contribution in [-0.4, -0.2) is 40.4 Å². The van der Waals surface area contributed by atoms with Crippen LogP contribution in [0.2, 0.25) is 5.28 Å². The highest BCUT2D eigenvalue weighted by Gasteiger charge is 2.35. The number of hydrogen-bond donors (Lipinski definition) is 3. The van der Waals surface area contributed by atoms with Crippen LogP contribution in [0.4, 0.5) is 5.82 Å². The molecule has 0 fully saturated rings. The molecule has 1 aliphatic heterocycles. The van der Waals surface area contributed by atoms with Crippen LogP contribution in [0.25, 0.3) is 0 Å². The van der Waals surface area contributed by atoms with E-state index in [2.05, 4.69) is 28.9 Å². The lowest BCUT2D eigenvalue weighted by molar-refractivity contribution is 0.0785. The maximum absolute atomic E-state index is 12.5. The van der Waals surface area contributed by atoms with Crippen molar-refractivity contribution in [3.63, 3.8) is 0 Å². The summed E-state index contributed by atoms with van der Waals surface area (Å²) in [4.78, 5) is 23.1. The summed E-state index contributed by atoms with van der Waals surface area (Å²) >= 11 is 5.92. The second-order valence-corrected chi connectivity index (χ2v) is 5.27. The maximum Gasteiger partial charge on any atom is 0.279 e. The van der Waals surface area contributed by atoms with Crippen LogP contribution in [0.5, 0.6) is 0 Å². The summed E-state index contributed by atoms with van der Waals surface area (Å²) in [5, 5.41) is 0.216. The molecule has 1 aliphatic rings. The van der Waals surface area contributed by atoms with Crippen LogP contribution >= 0.6 is 11.6 Å². The quantitative estimate of drug-likeness (QED) is 0.403. The third-order valence-electron chi connectivity index (χ3n) is 3.43. The van der Waals surface area contributed by atoms with Crippen molar-refractivity contribution in [3.05, 3.63) is 23.4 Å². The Balaban J connectivity index is 2.26. The maximum atomic E-state index is 12.5. The molecular weight excluding hydrogens is 292 g/mol. The highest BCUT2D eigenvalue weighted by molar-refractivity contribution is 6.29. The van der Waals surface area contributed by atoms with Gasteiger partial charge in [-0.1, -0.05) is 19.9 Å². The van der Waals surface area contributed by atoms with Crippen LogP contribution in [0.1, 0.15) is 36.7 Å². The number of H-pyrrole nitrogens is 1. The van der Waals surface area contributed by atoms with E-state index in [9.17, 15) is 4.79 Å². The molecule has 8 heteroatoms. The number of hydrazine groups is 1. The van der Waals surface area contributed by atoms with Crippen LogP contribution in [0, 0.1) is 0 Å². The number of aromatic amines is 1. The first-order valence-electron chi connectivity index (χ1n) is 7.07. The average Bonchev–Trinajstić information content (AvgIpc) is 2.84. The van der Waals surface area contributed by atoms with Crippen molar-refractivity contribution in [1.82, 2.24) is 20.3 Å². The molecule has 2 heterocycles. The van der Waals surface area contributed by atoms with Gasteiger partial charge in [0.25, 0.3) is 5.91 Å².